The van der Waals surface area contributed by atoms with E-state index in [2.05, 4.69) is 31.3 Å². The number of amides is 2. The highest BCUT2D eigenvalue weighted by Crippen LogP contribution is 2.26. The summed E-state index contributed by atoms with van der Waals surface area (Å²) >= 11 is 3.27. The summed E-state index contributed by atoms with van der Waals surface area (Å²) in [7, 11) is 0. The van der Waals surface area contributed by atoms with E-state index < -0.39 is 29.7 Å². The summed E-state index contributed by atoms with van der Waals surface area (Å²) in [5.74, 6) is -0.987. The fraction of sp³-hybridized carbons (Fsp3) is 0.263. The van der Waals surface area contributed by atoms with Crippen LogP contribution in [0.15, 0.2) is 46.9 Å². The number of carbonyl (C=O) groups excluding carboxylic acids is 2. The lowest BCUT2D eigenvalue weighted by Gasteiger charge is -2.20. The van der Waals surface area contributed by atoms with Crippen LogP contribution in [0.4, 0.5) is 29.3 Å². The van der Waals surface area contributed by atoms with E-state index >= 15 is 0 Å². The third kappa shape index (κ3) is 7.65. The summed E-state index contributed by atoms with van der Waals surface area (Å²) in [5, 5.41) is 5.06. The van der Waals surface area contributed by atoms with Gasteiger partial charge in [-0.05, 0) is 63.2 Å². The second-order valence-corrected chi connectivity index (χ2v) is 7.76. The molecule has 2 rings (SSSR count). The molecule has 0 saturated heterocycles. The molecular weight excluding hydrogens is 457 g/mol. The van der Waals surface area contributed by atoms with Crippen LogP contribution in [0.25, 0.3) is 0 Å². The fourth-order valence-electron chi connectivity index (χ4n) is 2.17. The molecule has 0 bridgehead atoms. The Labute approximate surface area is 173 Å². The molecule has 6 nitrogen and oxygen atoms in total. The van der Waals surface area contributed by atoms with E-state index in [4.69, 9.17) is 4.74 Å². The molecule has 0 spiro atoms. The standard InChI is InChI=1S/C19H18BrF3N2O4/c1-18(2,3)29-17(27)25-15-10-11(20)4-9-14(15)16(26)24-12-5-7-13(8-6-12)28-19(21,22)23/h4-10H,1-3H3,(H,24,26)(H,25,27). The SMILES string of the molecule is CC(C)(C)OC(=O)Nc1cc(Br)ccc1C(=O)Nc1ccc(OC(F)(F)F)cc1. The lowest BCUT2D eigenvalue weighted by Crippen LogP contribution is -2.28. The average Bonchev–Trinajstić information content (AvgIpc) is 2.53. The number of alkyl halides is 3. The van der Waals surface area contributed by atoms with Gasteiger partial charge in [0.25, 0.3) is 5.91 Å². The Morgan fingerprint density at radius 2 is 1.59 bits per heavy atom. The molecule has 0 heterocycles. The number of carbonyl (C=O) groups is 2. The van der Waals surface area contributed by atoms with Crippen LogP contribution in [0, 0.1) is 0 Å². The van der Waals surface area contributed by atoms with Gasteiger partial charge in [0.1, 0.15) is 11.4 Å². The number of nitrogens with one attached hydrogen (secondary N) is 2. The molecule has 0 fully saturated rings. The predicted molar refractivity (Wildman–Crippen MR) is 105 cm³/mol. The molecular formula is C19H18BrF3N2O4. The number of rotatable bonds is 4. The zero-order valence-electron chi connectivity index (χ0n) is 15.7. The maximum atomic E-state index is 12.6. The Hall–Kier alpha value is -2.75. The van der Waals surface area contributed by atoms with Crippen LogP contribution in [0.5, 0.6) is 5.75 Å². The molecule has 10 heteroatoms. The lowest BCUT2D eigenvalue weighted by atomic mass is 10.1. The summed E-state index contributed by atoms with van der Waals surface area (Å²) in [6.45, 7) is 5.10. The number of benzene rings is 2. The van der Waals surface area contributed by atoms with Gasteiger partial charge in [-0.25, -0.2) is 4.79 Å². The summed E-state index contributed by atoms with van der Waals surface area (Å²) in [6.07, 6.45) is -5.54. The second-order valence-electron chi connectivity index (χ2n) is 6.84. The molecule has 0 aliphatic carbocycles. The average molecular weight is 475 g/mol. The Bertz CT molecular complexity index is 894. The Morgan fingerprint density at radius 1 is 0.966 bits per heavy atom. The first-order valence-electron chi connectivity index (χ1n) is 8.29. The van der Waals surface area contributed by atoms with Crippen LogP contribution in [0.3, 0.4) is 0 Å². The predicted octanol–water partition coefficient (Wildman–Crippen LogP) is 5.95. The molecule has 0 atom stereocenters. The minimum atomic E-state index is -4.80. The topological polar surface area (TPSA) is 76.7 Å². The van der Waals surface area contributed by atoms with Crippen LogP contribution >= 0.6 is 15.9 Å². The van der Waals surface area contributed by atoms with Gasteiger partial charge in [-0.2, -0.15) is 0 Å². The molecule has 0 aliphatic rings. The molecule has 156 valence electrons. The first-order valence-corrected chi connectivity index (χ1v) is 9.08. The zero-order chi connectivity index (χ0) is 21.8. The first-order chi connectivity index (χ1) is 13.3. The molecule has 2 aromatic carbocycles. The van der Waals surface area contributed by atoms with Gasteiger partial charge in [0.2, 0.25) is 0 Å². The quantitative estimate of drug-likeness (QED) is 0.574. The lowest BCUT2D eigenvalue weighted by molar-refractivity contribution is -0.274. The highest BCUT2D eigenvalue weighted by atomic mass is 79.9. The molecule has 2 amide bonds. The third-order valence-electron chi connectivity index (χ3n) is 3.21. The van der Waals surface area contributed by atoms with Crippen molar-refractivity contribution in [3.05, 3.63) is 52.5 Å². The van der Waals surface area contributed by atoms with Crippen molar-refractivity contribution in [3.63, 3.8) is 0 Å². The minimum Gasteiger partial charge on any atom is -0.444 e. The van der Waals surface area contributed by atoms with Crippen LogP contribution in [-0.2, 0) is 4.74 Å². The smallest absolute Gasteiger partial charge is 0.444 e. The molecule has 0 aromatic heterocycles. The van der Waals surface area contributed by atoms with Crippen molar-refractivity contribution >= 4 is 39.3 Å². The highest BCUT2D eigenvalue weighted by Gasteiger charge is 2.31. The summed E-state index contributed by atoms with van der Waals surface area (Å²) < 4.78 is 46.2. The van der Waals surface area contributed by atoms with Crippen molar-refractivity contribution < 1.29 is 32.2 Å². The van der Waals surface area contributed by atoms with E-state index in [-0.39, 0.29) is 16.9 Å². The van der Waals surface area contributed by atoms with Crippen LogP contribution < -0.4 is 15.4 Å². The van der Waals surface area contributed by atoms with Gasteiger partial charge in [-0.3, -0.25) is 10.1 Å². The van der Waals surface area contributed by atoms with Crippen molar-refractivity contribution in [2.45, 2.75) is 32.7 Å². The van der Waals surface area contributed by atoms with E-state index in [0.717, 1.165) is 12.1 Å². The number of hydrogen-bond donors (Lipinski definition) is 2. The maximum absolute atomic E-state index is 12.6. The van der Waals surface area contributed by atoms with Gasteiger partial charge in [0.05, 0.1) is 11.3 Å². The van der Waals surface area contributed by atoms with Crippen molar-refractivity contribution in [2.75, 3.05) is 10.6 Å². The third-order valence-corrected chi connectivity index (χ3v) is 3.70. The first kappa shape index (κ1) is 22.5. The summed E-state index contributed by atoms with van der Waals surface area (Å²) in [5.41, 5.74) is -0.146. The van der Waals surface area contributed by atoms with Crippen molar-refractivity contribution in [3.8, 4) is 5.75 Å². The number of hydrogen-bond acceptors (Lipinski definition) is 4. The molecule has 0 aliphatic heterocycles. The van der Waals surface area contributed by atoms with Gasteiger partial charge >= 0.3 is 12.5 Å². The van der Waals surface area contributed by atoms with E-state index in [1.807, 2.05) is 0 Å². The fourth-order valence-corrected chi connectivity index (χ4v) is 2.53. The van der Waals surface area contributed by atoms with Crippen molar-refractivity contribution in [1.82, 2.24) is 0 Å². The van der Waals surface area contributed by atoms with E-state index in [0.29, 0.717) is 4.47 Å². The monoisotopic (exact) mass is 474 g/mol. The normalized spacial score (nSPS) is 11.6. The Morgan fingerprint density at radius 3 is 2.14 bits per heavy atom. The molecule has 29 heavy (non-hydrogen) atoms. The molecule has 0 unspecified atom stereocenters. The van der Waals surface area contributed by atoms with Crippen LogP contribution in [0.2, 0.25) is 0 Å². The largest absolute Gasteiger partial charge is 0.573 e. The molecule has 2 aromatic rings. The van der Waals surface area contributed by atoms with Gasteiger partial charge in [-0.1, -0.05) is 15.9 Å². The summed E-state index contributed by atoms with van der Waals surface area (Å²) in [6, 6.07) is 9.29. The van der Waals surface area contributed by atoms with Crippen molar-refractivity contribution in [1.29, 1.82) is 0 Å². The molecule has 0 saturated carbocycles. The Balaban J connectivity index is 2.15. The van der Waals surface area contributed by atoms with E-state index in [9.17, 15) is 22.8 Å². The van der Waals surface area contributed by atoms with Crippen LogP contribution in [-0.4, -0.2) is 24.0 Å². The van der Waals surface area contributed by atoms with Crippen molar-refractivity contribution in [2.24, 2.45) is 0 Å². The molecule has 0 radical (unpaired) electrons. The van der Waals surface area contributed by atoms with Gasteiger partial charge < -0.3 is 14.8 Å². The minimum absolute atomic E-state index is 0.134. The van der Waals surface area contributed by atoms with Gasteiger partial charge in [-0.15, -0.1) is 13.2 Å². The number of anilines is 2. The maximum Gasteiger partial charge on any atom is 0.573 e. The Kier molecular flexibility index (Phi) is 6.78. The highest BCUT2D eigenvalue weighted by molar-refractivity contribution is 9.10. The van der Waals surface area contributed by atoms with Crippen LogP contribution in [0.1, 0.15) is 31.1 Å². The van der Waals surface area contributed by atoms with E-state index in [1.54, 1.807) is 26.8 Å². The van der Waals surface area contributed by atoms with E-state index in [1.165, 1.54) is 24.3 Å². The second kappa shape index (κ2) is 8.73. The summed E-state index contributed by atoms with van der Waals surface area (Å²) in [4.78, 5) is 24.6. The number of ether oxygens (including phenoxy) is 2. The number of halogens is 4. The van der Waals surface area contributed by atoms with Gasteiger partial charge in [0, 0.05) is 10.2 Å². The molecule has 2 N–H and O–H groups in total. The van der Waals surface area contributed by atoms with Gasteiger partial charge in [0.15, 0.2) is 0 Å². The zero-order valence-corrected chi connectivity index (χ0v) is 17.3.